The predicted octanol–water partition coefficient (Wildman–Crippen LogP) is 2.91. The number of nitrogens with zero attached hydrogens (tertiary/aromatic N) is 2. The van der Waals surface area contributed by atoms with E-state index in [1.165, 1.54) is 0 Å². The molecule has 0 aliphatic rings. The number of nitriles is 1. The third kappa shape index (κ3) is 1.42. The average molecular weight is 249 g/mol. The van der Waals surface area contributed by atoms with Crippen LogP contribution in [-0.2, 0) is 6.54 Å². The first kappa shape index (κ1) is 9.29. The van der Waals surface area contributed by atoms with Gasteiger partial charge in [-0.05, 0) is 6.07 Å². The monoisotopic (exact) mass is 248 g/mol. The fraction of sp³-hybridized carbons (Fsp3) is 0.182. The van der Waals surface area contributed by atoms with Gasteiger partial charge in [0.1, 0.15) is 6.07 Å². The molecule has 0 bridgehead atoms. The number of para-hydroxylation sites is 1. The van der Waals surface area contributed by atoms with Gasteiger partial charge in [-0.3, -0.25) is 0 Å². The SMILES string of the molecule is N#Cc1cn(CCBr)c2ccccc12. The number of aryl methyl sites for hydroxylation is 1. The minimum absolute atomic E-state index is 0.751. The lowest BCUT2D eigenvalue weighted by Crippen LogP contribution is -1.95. The summed E-state index contributed by atoms with van der Waals surface area (Å²) in [5, 5.41) is 10.9. The van der Waals surface area contributed by atoms with Crippen LogP contribution in [0.1, 0.15) is 5.56 Å². The van der Waals surface area contributed by atoms with Crippen molar-refractivity contribution < 1.29 is 0 Å². The lowest BCUT2D eigenvalue weighted by Gasteiger charge is -2.00. The van der Waals surface area contributed by atoms with E-state index in [9.17, 15) is 0 Å². The zero-order valence-electron chi connectivity index (χ0n) is 7.57. The Kier molecular flexibility index (Phi) is 2.55. The van der Waals surface area contributed by atoms with Gasteiger partial charge in [0.05, 0.1) is 5.56 Å². The quantitative estimate of drug-likeness (QED) is 0.752. The van der Waals surface area contributed by atoms with Crippen LogP contribution >= 0.6 is 15.9 Å². The molecular weight excluding hydrogens is 240 g/mol. The van der Waals surface area contributed by atoms with Crippen molar-refractivity contribution in [2.45, 2.75) is 6.54 Å². The maximum Gasteiger partial charge on any atom is 0.101 e. The Morgan fingerprint density at radius 2 is 2.14 bits per heavy atom. The van der Waals surface area contributed by atoms with E-state index in [0.29, 0.717) is 0 Å². The summed E-state index contributed by atoms with van der Waals surface area (Å²) in [5.74, 6) is 0. The van der Waals surface area contributed by atoms with Crippen molar-refractivity contribution in [3.8, 4) is 6.07 Å². The maximum atomic E-state index is 8.94. The molecule has 2 rings (SSSR count). The van der Waals surface area contributed by atoms with Gasteiger partial charge in [0.25, 0.3) is 0 Å². The van der Waals surface area contributed by atoms with Crippen molar-refractivity contribution in [1.29, 1.82) is 5.26 Å². The van der Waals surface area contributed by atoms with Gasteiger partial charge in [-0.25, -0.2) is 0 Å². The summed E-state index contributed by atoms with van der Waals surface area (Å²) in [4.78, 5) is 0. The molecular formula is C11H9BrN2. The molecule has 0 saturated heterocycles. The average Bonchev–Trinajstić information content (AvgIpc) is 2.58. The summed E-state index contributed by atoms with van der Waals surface area (Å²) in [7, 11) is 0. The van der Waals surface area contributed by atoms with Crippen LogP contribution in [0.2, 0.25) is 0 Å². The number of rotatable bonds is 2. The molecule has 1 aromatic carbocycles. The smallest absolute Gasteiger partial charge is 0.101 e. The van der Waals surface area contributed by atoms with Crippen LogP contribution in [0.25, 0.3) is 10.9 Å². The number of benzene rings is 1. The summed E-state index contributed by atoms with van der Waals surface area (Å²) in [5.41, 5.74) is 1.88. The van der Waals surface area contributed by atoms with E-state index >= 15 is 0 Å². The molecule has 1 heterocycles. The number of alkyl halides is 1. The molecule has 0 amide bonds. The highest BCUT2D eigenvalue weighted by Crippen LogP contribution is 2.20. The number of halogens is 1. The zero-order valence-corrected chi connectivity index (χ0v) is 9.16. The lowest BCUT2D eigenvalue weighted by atomic mass is 10.2. The largest absolute Gasteiger partial charge is 0.345 e. The van der Waals surface area contributed by atoms with E-state index in [1.54, 1.807) is 0 Å². The molecule has 14 heavy (non-hydrogen) atoms. The molecule has 0 aliphatic heterocycles. The first-order valence-corrected chi connectivity index (χ1v) is 5.53. The minimum atomic E-state index is 0.751. The second-order valence-electron chi connectivity index (χ2n) is 3.05. The first-order chi connectivity index (χ1) is 6.86. The van der Waals surface area contributed by atoms with Crippen molar-refractivity contribution in [2.75, 3.05) is 5.33 Å². The molecule has 0 aliphatic carbocycles. The highest BCUT2D eigenvalue weighted by Gasteiger charge is 2.05. The van der Waals surface area contributed by atoms with E-state index in [2.05, 4.69) is 26.6 Å². The van der Waals surface area contributed by atoms with Crippen LogP contribution < -0.4 is 0 Å². The summed E-state index contributed by atoms with van der Waals surface area (Å²) >= 11 is 3.40. The van der Waals surface area contributed by atoms with Crippen molar-refractivity contribution >= 4 is 26.8 Å². The molecule has 1 aromatic heterocycles. The Hall–Kier alpha value is -1.27. The maximum absolute atomic E-state index is 8.94. The second kappa shape index (κ2) is 3.85. The van der Waals surface area contributed by atoms with Crippen LogP contribution in [-0.4, -0.2) is 9.90 Å². The van der Waals surface area contributed by atoms with E-state index in [4.69, 9.17) is 5.26 Å². The van der Waals surface area contributed by atoms with Gasteiger partial charge in [0.15, 0.2) is 0 Å². The Morgan fingerprint density at radius 3 is 2.86 bits per heavy atom. The molecule has 0 fully saturated rings. The molecule has 0 atom stereocenters. The Morgan fingerprint density at radius 1 is 1.36 bits per heavy atom. The Balaban J connectivity index is 2.68. The van der Waals surface area contributed by atoms with Gasteiger partial charge in [-0.15, -0.1) is 0 Å². The van der Waals surface area contributed by atoms with Gasteiger partial charge >= 0.3 is 0 Å². The number of fused-ring (bicyclic) bond motifs is 1. The van der Waals surface area contributed by atoms with Crippen molar-refractivity contribution in [3.63, 3.8) is 0 Å². The fourth-order valence-corrected chi connectivity index (χ4v) is 1.99. The lowest BCUT2D eigenvalue weighted by molar-refractivity contribution is 0.811. The Bertz CT molecular complexity index is 493. The molecule has 3 heteroatoms. The highest BCUT2D eigenvalue weighted by molar-refractivity contribution is 9.09. The molecule has 0 N–H and O–H groups in total. The summed E-state index contributed by atoms with van der Waals surface area (Å²) in [6.07, 6.45) is 1.91. The van der Waals surface area contributed by atoms with Crippen molar-refractivity contribution in [1.82, 2.24) is 4.57 Å². The van der Waals surface area contributed by atoms with Gasteiger partial charge in [0.2, 0.25) is 0 Å². The summed E-state index contributed by atoms with van der Waals surface area (Å²) < 4.78 is 2.10. The van der Waals surface area contributed by atoms with Gasteiger partial charge in [0, 0.05) is 29.0 Å². The summed E-state index contributed by atoms with van der Waals surface area (Å²) in [6.45, 7) is 0.891. The molecule has 0 saturated carbocycles. The van der Waals surface area contributed by atoms with Crippen LogP contribution in [0.15, 0.2) is 30.5 Å². The summed E-state index contributed by atoms with van der Waals surface area (Å²) in [6, 6.07) is 10.2. The third-order valence-electron chi connectivity index (χ3n) is 2.23. The number of hydrogen-bond acceptors (Lipinski definition) is 1. The normalized spacial score (nSPS) is 10.3. The molecule has 0 spiro atoms. The van der Waals surface area contributed by atoms with Gasteiger partial charge in [-0.1, -0.05) is 34.1 Å². The molecule has 70 valence electrons. The standard InChI is InChI=1S/C11H9BrN2/c12-5-6-14-8-9(7-13)10-3-1-2-4-11(10)14/h1-4,8H,5-6H2. The fourth-order valence-electron chi connectivity index (χ4n) is 1.61. The Labute approximate surface area is 90.9 Å². The van der Waals surface area contributed by atoms with E-state index in [-0.39, 0.29) is 0 Å². The van der Waals surface area contributed by atoms with E-state index in [1.807, 2.05) is 30.5 Å². The van der Waals surface area contributed by atoms with Crippen molar-refractivity contribution in [2.24, 2.45) is 0 Å². The molecule has 2 nitrogen and oxygen atoms in total. The first-order valence-electron chi connectivity index (χ1n) is 4.40. The van der Waals surface area contributed by atoms with Gasteiger partial charge in [-0.2, -0.15) is 5.26 Å². The highest BCUT2D eigenvalue weighted by atomic mass is 79.9. The zero-order chi connectivity index (χ0) is 9.97. The van der Waals surface area contributed by atoms with Crippen LogP contribution in [0, 0.1) is 11.3 Å². The van der Waals surface area contributed by atoms with E-state index < -0.39 is 0 Å². The molecule has 2 aromatic rings. The molecule has 0 unspecified atom stereocenters. The number of aromatic nitrogens is 1. The van der Waals surface area contributed by atoms with Gasteiger partial charge < -0.3 is 4.57 Å². The number of hydrogen-bond donors (Lipinski definition) is 0. The topological polar surface area (TPSA) is 28.7 Å². The van der Waals surface area contributed by atoms with Crippen molar-refractivity contribution in [3.05, 3.63) is 36.0 Å². The third-order valence-corrected chi connectivity index (χ3v) is 2.59. The van der Waals surface area contributed by atoms with Crippen LogP contribution in [0.5, 0.6) is 0 Å². The predicted molar refractivity (Wildman–Crippen MR) is 60.4 cm³/mol. The van der Waals surface area contributed by atoms with Crippen LogP contribution in [0.3, 0.4) is 0 Å². The second-order valence-corrected chi connectivity index (χ2v) is 3.85. The minimum Gasteiger partial charge on any atom is -0.345 e. The van der Waals surface area contributed by atoms with E-state index in [0.717, 1.165) is 28.3 Å². The molecule has 0 radical (unpaired) electrons. The van der Waals surface area contributed by atoms with Crippen LogP contribution in [0.4, 0.5) is 0 Å².